The summed E-state index contributed by atoms with van der Waals surface area (Å²) >= 11 is 0.878. The van der Waals surface area contributed by atoms with Gasteiger partial charge in [-0.3, -0.25) is 13.9 Å². The smallest absolute Gasteiger partial charge is 0.264 e. The molecular weight excluding hydrogens is 511 g/mol. The van der Waals surface area contributed by atoms with Crippen LogP contribution >= 0.6 is 11.9 Å². The van der Waals surface area contributed by atoms with Gasteiger partial charge in [-0.1, -0.05) is 17.7 Å². The molecule has 1 fully saturated rings. The van der Waals surface area contributed by atoms with E-state index in [1.807, 2.05) is 31.2 Å². The Bertz CT molecular complexity index is 1490. The van der Waals surface area contributed by atoms with E-state index in [0.29, 0.717) is 18.7 Å². The van der Waals surface area contributed by atoms with Crippen LogP contribution in [0.25, 0.3) is 0 Å². The molecule has 2 aliphatic heterocycles. The fourth-order valence-corrected chi connectivity index (χ4v) is 4.75. The second-order valence-corrected chi connectivity index (χ2v) is 9.33. The minimum atomic E-state index is -0.760. The van der Waals surface area contributed by atoms with Gasteiger partial charge < -0.3 is 25.8 Å². The number of anilines is 4. The van der Waals surface area contributed by atoms with Gasteiger partial charge in [-0.25, -0.2) is 9.37 Å². The highest BCUT2D eigenvalue weighted by molar-refractivity contribution is 8.15. The molecule has 3 heterocycles. The second kappa shape index (κ2) is 10.4. The Balaban J connectivity index is 1.36. The van der Waals surface area contributed by atoms with Crippen LogP contribution in [0, 0.1) is 12.7 Å². The zero-order chi connectivity index (χ0) is 26.8. The molecule has 38 heavy (non-hydrogen) atoms. The van der Waals surface area contributed by atoms with Crippen LogP contribution in [-0.2, 0) is 14.3 Å². The third-order valence-electron chi connectivity index (χ3n) is 5.80. The number of benzene rings is 2. The van der Waals surface area contributed by atoms with Crippen LogP contribution in [0.2, 0.25) is 0 Å². The summed E-state index contributed by atoms with van der Waals surface area (Å²) in [6.07, 6.45) is 3.55. The van der Waals surface area contributed by atoms with Gasteiger partial charge in [0.25, 0.3) is 5.91 Å². The average Bonchev–Trinajstić information content (AvgIpc) is 3.28. The van der Waals surface area contributed by atoms with Crippen molar-refractivity contribution in [2.24, 2.45) is 0 Å². The lowest BCUT2D eigenvalue weighted by Crippen LogP contribution is -2.22. The molecule has 5 rings (SSSR count). The number of carbonyl (C=O) groups excluding carboxylic acids is 2. The predicted octanol–water partition coefficient (Wildman–Crippen LogP) is 4.53. The Hall–Kier alpha value is -4.58. The number of aryl methyl sites for hydroxylation is 1. The molecule has 2 aromatic carbocycles. The van der Waals surface area contributed by atoms with Gasteiger partial charge >= 0.3 is 0 Å². The number of nitrogen functional groups attached to an aromatic ring is 1. The van der Waals surface area contributed by atoms with Gasteiger partial charge in [-0.2, -0.15) is 4.98 Å². The van der Waals surface area contributed by atoms with Gasteiger partial charge in [0.15, 0.2) is 17.4 Å². The number of fused-ring (bicyclic) bond motifs is 1. The highest BCUT2D eigenvalue weighted by atomic mass is 32.2. The minimum absolute atomic E-state index is 0.0412. The van der Waals surface area contributed by atoms with Gasteiger partial charge in [0.2, 0.25) is 11.0 Å². The largest absolute Gasteiger partial charge is 0.492 e. The van der Waals surface area contributed by atoms with E-state index in [0.717, 1.165) is 34.8 Å². The number of nitrogens with two attached hydrogens (primary N) is 1. The monoisotopic (exact) mass is 534 g/mol. The molecule has 0 bridgehead atoms. The topological polar surface area (TPSA) is 132 Å². The van der Waals surface area contributed by atoms with Crippen LogP contribution < -0.4 is 25.4 Å². The van der Waals surface area contributed by atoms with E-state index in [4.69, 9.17) is 15.2 Å². The number of hydrogen-bond donors (Lipinski definition) is 3. The molecule has 1 amide bonds. The summed E-state index contributed by atoms with van der Waals surface area (Å²) in [6.45, 7) is 2.32. The number of carbonyl (C=O) groups is 2. The van der Waals surface area contributed by atoms with Gasteiger partial charge in [-0.05, 0) is 31.2 Å². The quantitative estimate of drug-likeness (QED) is 0.306. The molecule has 0 aliphatic carbocycles. The zero-order valence-corrected chi connectivity index (χ0v) is 21.3. The van der Waals surface area contributed by atoms with Crippen molar-refractivity contribution >= 4 is 45.9 Å². The highest BCUT2D eigenvalue weighted by Gasteiger charge is 2.34. The number of halogens is 1. The van der Waals surface area contributed by atoms with E-state index < -0.39 is 16.8 Å². The highest BCUT2D eigenvalue weighted by Crippen LogP contribution is 2.38. The first-order valence-electron chi connectivity index (χ1n) is 11.6. The van der Waals surface area contributed by atoms with E-state index >= 15 is 0 Å². The number of amides is 1. The fourth-order valence-electron chi connectivity index (χ4n) is 3.89. The molecule has 12 heteroatoms. The van der Waals surface area contributed by atoms with E-state index in [1.54, 1.807) is 17.6 Å². The molecule has 1 saturated heterocycles. The number of nitrogens with zero attached hydrogens (tertiary/aromatic N) is 3. The second-order valence-electron chi connectivity index (χ2n) is 8.39. The summed E-state index contributed by atoms with van der Waals surface area (Å²) in [6, 6.07) is 11.5. The van der Waals surface area contributed by atoms with Crippen LogP contribution in [0.4, 0.5) is 27.3 Å². The summed E-state index contributed by atoms with van der Waals surface area (Å²) in [5.41, 5.74) is 8.70. The van der Waals surface area contributed by atoms with Crippen molar-refractivity contribution in [1.82, 2.24) is 9.97 Å². The van der Waals surface area contributed by atoms with E-state index in [2.05, 4.69) is 20.6 Å². The maximum absolute atomic E-state index is 14.9. The summed E-state index contributed by atoms with van der Waals surface area (Å²) in [5.74, 6) is -1.19. The van der Waals surface area contributed by atoms with Gasteiger partial charge in [0.05, 0.1) is 12.3 Å². The average molecular weight is 535 g/mol. The lowest BCUT2D eigenvalue weighted by atomic mass is 10.1. The number of nitrogens with one attached hydrogen (secondary N) is 2. The van der Waals surface area contributed by atoms with Crippen molar-refractivity contribution in [1.29, 1.82) is 0 Å². The Morgan fingerprint density at radius 3 is 2.74 bits per heavy atom. The number of rotatable bonds is 6. The van der Waals surface area contributed by atoms with Crippen molar-refractivity contribution in [3.8, 4) is 11.6 Å². The van der Waals surface area contributed by atoms with Crippen molar-refractivity contribution in [2.75, 3.05) is 34.3 Å². The van der Waals surface area contributed by atoms with Gasteiger partial charge in [0, 0.05) is 48.9 Å². The maximum Gasteiger partial charge on any atom is 0.264 e. The van der Waals surface area contributed by atoms with Crippen molar-refractivity contribution in [2.45, 2.75) is 13.3 Å². The molecule has 4 N–H and O–H groups in total. The van der Waals surface area contributed by atoms with Crippen molar-refractivity contribution < 1.29 is 23.5 Å². The number of aromatic nitrogens is 2. The number of allylic oxidation sites excluding steroid dienone is 1. The molecule has 10 nitrogen and oxygen atoms in total. The molecule has 194 valence electrons. The molecule has 0 atom stereocenters. The van der Waals surface area contributed by atoms with Crippen LogP contribution in [0.1, 0.15) is 12.0 Å². The minimum Gasteiger partial charge on any atom is -0.492 e. The van der Waals surface area contributed by atoms with Crippen LogP contribution in [0.15, 0.2) is 71.9 Å². The lowest BCUT2D eigenvalue weighted by molar-refractivity contribution is -0.116. The maximum atomic E-state index is 14.9. The number of ether oxygens (including phenoxy) is 2. The van der Waals surface area contributed by atoms with Crippen LogP contribution in [0.3, 0.4) is 0 Å². The molecule has 1 aromatic heterocycles. The molecule has 3 aromatic rings. The summed E-state index contributed by atoms with van der Waals surface area (Å²) in [4.78, 5) is 34.3. The first kappa shape index (κ1) is 25.1. The van der Waals surface area contributed by atoms with E-state index in [-0.39, 0.29) is 34.5 Å². The van der Waals surface area contributed by atoms with Crippen LogP contribution in [-0.4, -0.2) is 34.6 Å². The molecule has 2 aliphatic rings. The normalized spacial score (nSPS) is 14.9. The Kier molecular flexibility index (Phi) is 6.88. The molecule has 0 radical (unpaired) electrons. The lowest BCUT2D eigenvalue weighted by Gasteiger charge is -2.17. The molecule has 0 saturated carbocycles. The first-order valence-corrected chi connectivity index (χ1v) is 12.3. The first-order chi connectivity index (χ1) is 18.3. The predicted molar refractivity (Wildman–Crippen MR) is 143 cm³/mol. The Morgan fingerprint density at radius 1 is 1.21 bits per heavy atom. The molecular formula is C26H23FN6O4S. The summed E-state index contributed by atoms with van der Waals surface area (Å²) < 4.78 is 27.9. The standard InChI is InChI=1S/C26H23FN6O4S/c1-14-3-6-17(7-4-14)33-12-15-9-10-36-22(15)20(26(35)38-33)24(34)32-16-5-8-19(18(27)11-16)37-25-21(29-2)23(28)30-13-31-25/h3-8,11-13,29H,9-10H2,1-2H3,(H,32,34)(H2,28,30,31). The summed E-state index contributed by atoms with van der Waals surface area (Å²) in [7, 11) is 1.61. The molecule has 0 spiro atoms. The Labute approximate surface area is 221 Å². The third-order valence-corrected chi connectivity index (χ3v) is 6.68. The number of hydrogen-bond acceptors (Lipinski definition) is 10. The zero-order valence-electron chi connectivity index (χ0n) is 20.4. The fraction of sp³-hybridized carbons (Fsp3) is 0.154. The van der Waals surface area contributed by atoms with Gasteiger partial charge in [-0.15, -0.1) is 0 Å². The SMILES string of the molecule is CNc1c(N)ncnc1Oc1ccc(NC(=O)C2=C3OCCC3=CN(c3ccc(C)cc3)SC2=O)cc1F. The summed E-state index contributed by atoms with van der Waals surface area (Å²) in [5, 5.41) is 4.91. The third kappa shape index (κ3) is 4.98. The van der Waals surface area contributed by atoms with E-state index in [9.17, 15) is 14.0 Å². The van der Waals surface area contributed by atoms with Crippen molar-refractivity contribution in [3.05, 3.63) is 83.3 Å². The van der Waals surface area contributed by atoms with Crippen LogP contribution in [0.5, 0.6) is 11.6 Å². The van der Waals surface area contributed by atoms with Gasteiger partial charge in [0.1, 0.15) is 23.3 Å². The van der Waals surface area contributed by atoms with Crippen molar-refractivity contribution in [3.63, 3.8) is 0 Å². The molecule has 0 unspecified atom stereocenters. The van der Waals surface area contributed by atoms with E-state index in [1.165, 1.54) is 18.5 Å². The Morgan fingerprint density at radius 2 is 2.00 bits per heavy atom.